The van der Waals surface area contributed by atoms with Crippen molar-refractivity contribution in [3.63, 3.8) is 0 Å². The number of imidazole rings is 1. The Bertz CT molecular complexity index is 1040. The van der Waals surface area contributed by atoms with Crippen LogP contribution < -0.4 is 5.32 Å². The lowest BCUT2D eigenvalue weighted by atomic mass is 9.99. The summed E-state index contributed by atoms with van der Waals surface area (Å²) < 4.78 is 3.82. The van der Waals surface area contributed by atoms with Gasteiger partial charge in [0.2, 0.25) is 0 Å². The van der Waals surface area contributed by atoms with Crippen molar-refractivity contribution in [1.29, 1.82) is 0 Å². The number of nitrogens with zero attached hydrogens (tertiary/aromatic N) is 4. The number of fused-ring (bicyclic) bond motifs is 2. The summed E-state index contributed by atoms with van der Waals surface area (Å²) in [7, 11) is 0. The third-order valence-corrected chi connectivity index (χ3v) is 7.01. The topological polar surface area (TPSA) is 96.1 Å². The summed E-state index contributed by atoms with van der Waals surface area (Å²) in [6.07, 6.45) is 1.51. The van der Waals surface area contributed by atoms with Crippen molar-refractivity contribution in [3.8, 4) is 0 Å². The Morgan fingerprint density at radius 1 is 1.14 bits per heavy atom. The van der Waals surface area contributed by atoms with Crippen LogP contribution in [0.15, 0.2) is 30.6 Å². The van der Waals surface area contributed by atoms with E-state index in [0.29, 0.717) is 28.7 Å². The highest BCUT2D eigenvalue weighted by Crippen LogP contribution is 2.56. The van der Waals surface area contributed by atoms with E-state index in [9.17, 15) is 10.2 Å². The summed E-state index contributed by atoms with van der Waals surface area (Å²) in [5.41, 5.74) is 2.66. The Kier molecular flexibility index (Phi) is 4.96. The molecule has 2 fully saturated rings. The van der Waals surface area contributed by atoms with E-state index in [4.69, 9.17) is 0 Å². The molecule has 5 atom stereocenters. The molecular weight excluding hydrogens is 584 g/mol. The predicted molar refractivity (Wildman–Crippen MR) is 122 cm³/mol. The normalized spacial score (nSPS) is 28.5. The van der Waals surface area contributed by atoms with Crippen LogP contribution in [0.4, 0.5) is 5.82 Å². The van der Waals surface area contributed by atoms with E-state index in [0.717, 1.165) is 17.6 Å². The summed E-state index contributed by atoms with van der Waals surface area (Å²) in [6.45, 7) is 1.27. The minimum Gasteiger partial charge on any atom is -0.390 e. The smallest absolute Gasteiger partial charge is 0.194 e. The monoisotopic (exact) mass is 603 g/mol. The van der Waals surface area contributed by atoms with Crippen LogP contribution in [0.2, 0.25) is 0 Å². The molecule has 2 saturated carbocycles. The van der Waals surface area contributed by atoms with Gasteiger partial charge >= 0.3 is 0 Å². The molecule has 0 bridgehead atoms. The van der Waals surface area contributed by atoms with Crippen LogP contribution in [0.25, 0.3) is 11.2 Å². The first-order chi connectivity index (χ1) is 13.5. The van der Waals surface area contributed by atoms with Gasteiger partial charge in [0.05, 0.1) is 18.5 Å². The Morgan fingerprint density at radius 3 is 2.75 bits per heavy atom. The molecule has 28 heavy (non-hydrogen) atoms. The van der Waals surface area contributed by atoms with E-state index >= 15 is 0 Å². The first-order valence-corrected chi connectivity index (χ1v) is 11.4. The fraction of sp³-hybridized carbons (Fsp3) is 0.421. The number of anilines is 1. The largest absolute Gasteiger partial charge is 0.390 e. The molecule has 5 rings (SSSR count). The highest BCUT2D eigenvalue weighted by Gasteiger charge is 2.58. The van der Waals surface area contributed by atoms with Crippen molar-refractivity contribution in [2.24, 2.45) is 17.8 Å². The molecule has 0 aliphatic heterocycles. The highest BCUT2D eigenvalue weighted by molar-refractivity contribution is 14.1. The van der Waals surface area contributed by atoms with Crippen molar-refractivity contribution in [1.82, 2.24) is 19.5 Å². The lowest BCUT2D eigenvalue weighted by molar-refractivity contribution is -0.00373. The van der Waals surface area contributed by atoms with Crippen LogP contribution in [-0.2, 0) is 13.1 Å². The summed E-state index contributed by atoms with van der Waals surface area (Å²) in [6, 6.07) is 8.32. The average molecular weight is 603 g/mol. The van der Waals surface area contributed by atoms with Crippen molar-refractivity contribution in [3.05, 3.63) is 43.6 Å². The Hall–Kier alpha value is -1.05. The maximum Gasteiger partial charge on any atom is 0.194 e. The van der Waals surface area contributed by atoms with Gasteiger partial charge in [-0.3, -0.25) is 0 Å². The number of hydrogen-bond acceptors (Lipinski definition) is 6. The SMILES string of the molecule is O[C@@H]1[C@H](O)[C@@H]2C[C@@H]2[C@H]1Cn1cnc2c(NCc3cccc(I)c3)nc(I)nc21. The second-order valence-corrected chi connectivity index (χ2v) is 9.81. The molecule has 2 aromatic heterocycles. The molecule has 3 aromatic rings. The molecule has 2 heterocycles. The van der Waals surface area contributed by atoms with Gasteiger partial charge in [-0.2, -0.15) is 0 Å². The minimum absolute atomic E-state index is 0.0489. The predicted octanol–water partition coefficient (Wildman–Crippen LogP) is 2.64. The van der Waals surface area contributed by atoms with Crippen LogP contribution >= 0.6 is 45.2 Å². The maximum absolute atomic E-state index is 10.3. The van der Waals surface area contributed by atoms with Crippen LogP contribution in [0, 0.1) is 25.2 Å². The first-order valence-electron chi connectivity index (χ1n) is 9.24. The number of benzene rings is 1. The maximum atomic E-state index is 10.3. The van der Waals surface area contributed by atoms with Crippen molar-refractivity contribution in [2.45, 2.75) is 31.7 Å². The van der Waals surface area contributed by atoms with E-state index in [1.807, 2.05) is 10.6 Å². The fourth-order valence-corrected chi connectivity index (χ4v) is 5.44. The quantitative estimate of drug-likeness (QED) is 0.307. The van der Waals surface area contributed by atoms with Gasteiger partial charge < -0.3 is 20.1 Å². The second-order valence-electron chi connectivity index (χ2n) is 7.60. The van der Waals surface area contributed by atoms with Crippen LogP contribution in [0.3, 0.4) is 0 Å². The van der Waals surface area contributed by atoms with E-state index < -0.39 is 12.2 Å². The van der Waals surface area contributed by atoms with Gasteiger partial charge in [-0.05, 0) is 58.5 Å². The fourth-order valence-electron chi connectivity index (χ4n) is 4.36. The molecular formula is C19H19I2N5O2. The molecule has 2 aliphatic rings. The van der Waals surface area contributed by atoms with E-state index in [-0.39, 0.29) is 11.8 Å². The molecule has 2 aliphatic carbocycles. The van der Waals surface area contributed by atoms with Crippen LogP contribution in [0.5, 0.6) is 0 Å². The van der Waals surface area contributed by atoms with E-state index in [1.54, 1.807) is 6.33 Å². The first kappa shape index (κ1) is 18.9. The summed E-state index contributed by atoms with van der Waals surface area (Å²) >= 11 is 4.42. The zero-order valence-corrected chi connectivity index (χ0v) is 19.1. The molecule has 0 amide bonds. The Labute approximate surface area is 189 Å². The number of aliphatic hydroxyl groups excluding tert-OH is 2. The number of rotatable bonds is 5. The number of hydrogen-bond donors (Lipinski definition) is 3. The lowest BCUT2D eigenvalue weighted by Crippen LogP contribution is -2.31. The van der Waals surface area contributed by atoms with Gasteiger partial charge in [0.15, 0.2) is 20.8 Å². The van der Waals surface area contributed by atoms with Gasteiger partial charge in [-0.25, -0.2) is 15.0 Å². The minimum atomic E-state index is -0.666. The second kappa shape index (κ2) is 7.33. The lowest BCUT2D eigenvalue weighted by Gasteiger charge is -2.21. The van der Waals surface area contributed by atoms with Gasteiger partial charge in [0, 0.05) is 45.2 Å². The number of aromatic nitrogens is 4. The third kappa shape index (κ3) is 3.39. The Morgan fingerprint density at radius 2 is 2.00 bits per heavy atom. The molecule has 0 saturated heterocycles. The van der Waals surface area contributed by atoms with Crippen molar-refractivity contribution < 1.29 is 10.2 Å². The zero-order chi connectivity index (χ0) is 19.4. The van der Waals surface area contributed by atoms with E-state index in [1.165, 1.54) is 9.13 Å². The molecule has 146 valence electrons. The van der Waals surface area contributed by atoms with Gasteiger partial charge in [-0.15, -0.1) is 0 Å². The molecule has 7 nitrogen and oxygen atoms in total. The summed E-state index contributed by atoms with van der Waals surface area (Å²) in [5, 5.41) is 23.8. The average Bonchev–Trinajstić information content (AvgIpc) is 3.31. The molecule has 0 spiro atoms. The number of nitrogens with one attached hydrogen (secondary N) is 1. The summed E-state index contributed by atoms with van der Waals surface area (Å²) in [4.78, 5) is 13.7. The molecule has 3 N–H and O–H groups in total. The van der Waals surface area contributed by atoms with Crippen molar-refractivity contribution >= 4 is 62.2 Å². The van der Waals surface area contributed by atoms with Crippen molar-refractivity contribution in [2.75, 3.05) is 5.32 Å². The van der Waals surface area contributed by atoms with Crippen LogP contribution in [0.1, 0.15) is 12.0 Å². The zero-order valence-electron chi connectivity index (χ0n) is 14.8. The van der Waals surface area contributed by atoms with Gasteiger partial charge in [-0.1, -0.05) is 12.1 Å². The van der Waals surface area contributed by atoms with E-state index in [2.05, 4.69) is 83.6 Å². The number of aliphatic hydroxyl groups is 2. The molecule has 9 heteroatoms. The number of halogens is 2. The standard InChI is InChI=1S/C19H19I2N5O2/c20-10-3-1-2-9(4-10)6-22-17-14-18(25-19(21)24-17)26(8-23-14)7-13-11-5-12(11)15(27)16(13)28/h1-4,8,11-13,15-16,27-28H,5-7H2,(H,22,24,25)/t11-,12+,13+,15+,16-/m0/s1. The Balaban J connectivity index is 1.41. The molecule has 0 unspecified atom stereocenters. The molecule has 0 radical (unpaired) electrons. The highest BCUT2D eigenvalue weighted by atomic mass is 127. The van der Waals surface area contributed by atoms with Gasteiger partial charge in [0.1, 0.15) is 0 Å². The summed E-state index contributed by atoms with van der Waals surface area (Å²) in [5.74, 6) is 1.42. The molecule has 1 aromatic carbocycles. The van der Waals surface area contributed by atoms with Gasteiger partial charge in [0.25, 0.3) is 0 Å². The third-order valence-electron chi connectivity index (χ3n) is 5.86. The van der Waals surface area contributed by atoms with Crippen LogP contribution in [-0.4, -0.2) is 41.9 Å².